The molecule has 1 aliphatic rings. The van der Waals surface area contributed by atoms with Gasteiger partial charge in [0.15, 0.2) is 6.29 Å². The van der Waals surface area contributed by atoms with Crippen LogP contribution in [0.4, 0.5) is 0 Å². The average Bonchev–Trinajstić information content (AvgIpc) is 2.49. The predicted molar refractivity (Wildman–Crippen MR) is 49.6 cm³/mol. The maximum atomic E-state index is 10.6. The van der Waals surface area contributed by atoms with Gasteiger partial charge in [-0.25, -0.2) is 4.98 Å². The zero-order valence-electron chi connectivity index (χ0n) is 7.86. The van der Waals surface area contributed by atoms with Gasteiger partial charge in [-0.15, -0.1) is 0 Å². The Labute approximate surface area is 77.8 Å². The van der Waals surface area contributed by atoms with Gasteiger partial charge in [0, 0.05) is 6.54 Å². The van der Waals surface area contributed by atoms with Gasteiger partial charge >= 0.3 is 0 Å². The Hall–Kier alpha value is -1.12. The first kappa shape index (κ1) is 8.48. The van der Waals surface area contributed by atoms with Crippen LogP contribution in [0.2, 0.25) is 0 Å². The number of aldehydes is 1. The van der Waals surface area contributed by atoms with Gasteiger partial charge in [0.05, 0.1) is 12.5 Å². The van der Waals surface area contributed by atoms with E-state index in [0.29, 0.717) is 11.1 Å². The van der Waals surface area contributed by atoms with Crippen molar-refractivity contribution < 1.29 is 4.79 Å². The molecule has 1 saturated carbocycles. The van der Waals surface area contributed by atoms with Crippen LogP contribution in [0.3, 0.4) is 0 Å². The quantitative estimate of drug-likeness (QED) is 0.662. The lowest BCUT2D eigenvalue weighted by molar-refractivity contribution is 0.109. The van der Waals surface area contributed by atoms with E-state index < -0.39 is 0 Å². The summed E-state index contributed by atoms with van der Waals surface area (Å²) >= 11 is 0. The Kier molecular flexibility index (Phi) is 1.94. The van der Waals surface area contributed by atoms with Gasteiger partial charge in [0.25, 0.3) is 0 Å². The van der Waals surface area contributed by atoms with E-state index in [4.69, 9.17) is 0 Å². The maximum absolute atomic E-state index is 10.6. The number of hydrogen-bond acceptors (Lipinski definition) is 2. The summed E-state index contributed by atoms with van der Waals surface area (Å²) in [6.07, 6.45) is 8.09. The van der Waals surface area contributed by atoms with Crippen LogP contribution < -0.4 is 0 Å². The van der Waals surface area contributed by atoms with Crippen LogP contribution in [-0.4, -0.2) is 15.8 Å². The van der Waals surface area contributed by atoms with Crippen molar-refractivity contribution in [1.82, 2.24) is 9.55 Å². The second-order valence-corrected chi connectivity index (χ2v) is 4.23. The van der Waals surface area contributed by atoms with E-state index in [0.717, 1.165) is 12.8 Å². The molecule has 0 spiro atoms. The monoisotopic (exact) mass is 178 g/mol. The third-order valence-electron chi connectivity index (χ3n) is 2.98. The van der Waals surface area contributed by atoms with Gasteiger partial charge in [-0.2, -0.15) is 0 Å². The fraction of sp³-hybridized carbons (Fsp3) is 0.600. The normalized spacial score (nSPS) is 19.5. The van der Waals surface area contributed by atoms with Gasteiger partial charge in [-0.05, 0) is 18.3 Å². The minimum absolute atomic E-state index is 0.401. The van der Waals surface area contributed by atoms with Crippen molar-refractivity contribution in [1.29, 1.82) is 0 Å². The molecule has 0 aliphatic heterocycles. The topological polar surface area (TPSA) is 34.9 Å². The zero-order valence-corrected chi connectivity index (χ0v) is 7.86. The number of nitrogens with zero attached hydrogens (tertiary/aromatic N) is 2. The summed E-state index contributed by atoms with van der Waals surface area (Å²) in [6.45, 7) is 3.20. The molecule has 1 fully saturated rings. The number of hydrogen-bond donors (Lipinski definition) is 0. The summed E-state index contributed by atoms with van der Waals surface area (Å²) in [5.41, 5.74) is 1.09. The van der Waals surface area contributed by atoms with Gasteiger partial charge in [-0.1, -0.05) is 13.3 Å². The minimum Gasteiger partial charge on any atom is -0.328 e. The summed E-state index contributed by atoms with van der Waals surface area (Å²) in [5.74, 6) is 0. The van der Waals surface area contributed by atoms with E-state index in [9.17, 15) is 4.79 Å². The summed E-state index contributed by atoms with van der Waals surface area (Å²) < 4.78 is 1.95. The number of carbonyl (C=O) groups is 1. The molecule has 0 atom stereocenters. The van der Waals surface area contributed by atoms with E-state index >= 15 is 0 Å². The molecule has 3 heteroatoms. The van der Waals surface area contributed by atoms with Gasteiger partial charge in [-0.3, -0.25) is 4.79 Å². The predicted octanol–water partition coefficient (Wildman–Crippen LogP) is 1.89. The summed E-state index contributed by atoms with van der Waals surface area (Å²) in [5, 5.41) is 0. The molecule has 0 unspecified atom stereocenters. The minimum atomic E-state index is 0.401. The summed E-state index contributed by atoms with van der Waals surface area (Å²) in [7, 11) is 0. The Morgan fingerprint density at radius 1 is 1.69 bits per heavy atom. The second-order valence-electron chi connectivity index (χ2n) is 4.23. The van der Waals surface area contributed by atoms with Crippen molar-refractivity contribution in [2.45, 2.75) is 32.7 Å². The van der Waals surface area contributed by atoms with Crippen molar-refractivity contribution in [3.05, 3.63) is 18.2 Å². The van der Waals surface area contributed by atoms with Crippen molar-refractivity contribution in [2.24, 2.45) is 5.41 Å². The van der Waals surface area contributed by atoms with Crippen LogP contribution in [0.25, 0.3) is 0 Å². The van der Waals surface area contributed by atoms with Crippen LogP contribution in [-0.2, 0) is 6.54 Å². The average molecular weight is 178 g/mol. The van der Waals surface area contributed by atoms with E-state index in [1.807, 2.05) is 4.57 Å². The van der Waals surface area contributed by atoms with E-state index in [1.165, 1.54) is 19.3 Å². The molecule has 0 N–H and O–H groups in total. The lowest BCUT2D eigenvalue weighted by Gasteiger charge is -2.38. The van der Waals surface area contributed by atoms with Crippen molar-refractivity contribution in [3.8, 4) is 0 Å². The summed E-state index contributed by atoms with van der Waals surface area (Å²) in [6, 6.07) is 0. The Balaban J connectivity index is 2.12. The first-order valence-corrected chi connectivity index (χ1v) is 4.69. The molecule has 70 valence electrons. The SMILES string of the molecule is CC1(Cn2cncc2C=O)CCC1. The van der Waals surface area contributed by atoms with E-state index in [1.54, 1.807) is 12.5 Å². The lowest BCUT2D eigenvalue weighted by atomic mass is 9.70. The number of rotatable bonds is 3. The molecule has 0 radical (unpaired) electrons. The Morgan fingerprint density at radius 3 is 3.00 bits per heavy atom. The molecular formula is C10H14N2O. The number of carbonyl (C=O) groups excluding carboxylic acids is 1. The Morgan fingerprint density at radius 2 is 2.46 bits per heavy atom. The first-order chi connectivity index (χ1) is 6.23. The Bertz CT molecular complexity index is 312. The molecule has 1 heterocycles. The molecule has 2 rings (SSSR count). The van der Waals surface area contributed by atoms with Crippen molar-refractivity contribution >= 4 is 6.29 Å². The highest BCUT2D eigenvalue weighted by atomic mass is 16.1. The molecule has 1 aromatic rings. The highest BCUT2D eigenvalue weighted by molar-refractivity contribution is 5.71. The van der Waals surface area contributed by atoms with E-state index in [2.05, 4.69) is 11.9 Å². The smallest absolute Gasteiger partial charge is 0.168 e. The van der Waals surface area contributed by atoms with Gasteiger partial charge in [0.1, 0.15) is 5.69 Å². The summed E-state index contributed by atoms with van der Waals surface area (Å²) in [4.78, 5) is 14.6. The first-order valence-electron chi connectivity index (χ1n) is 4.69. The number of imidazole rings is 1. The molecule has 3 nitrogen and oxygen atoms in total. The molecule has 1 aromatic heterocycles. The van der Waals surface area contributed by atoms with Crippen molar-refractivity contribution in [2.75, 3.05) is 0 Å². The molecule has 0 bridgehead atoms. The molecule has 0 saturated heterocycles. The van der Waals surface area contributed by atoms with Crippen LogP contribution in [0, 0.1) is 5.41 Å². The third kappa shape index (κ3) is 1.50. The molecule has 0 amide bonds. The highest BCUT2D eigenvalue weighted by Gasteiger charge is 2.32. The fourth-order valence-electron chi connectivity index (χ4n) is 1.91. The molecule has 13 heavy (non-hydrogen) atoms. The highest BCUT2D eigenvalue weighted by Crippen LogP contribution is 2.41. The molecular weight excluding hydrogens is 164 g/mol. The van der Waals surface area contributed by atoms with E-state index in [-0.39, 0.29) is 0 Å². The number of aromatic nitrogens is 2. The maximum Gasteiger partial charge on any atom is 0.168 e. The van der Waals surface area contributed by atoms with Crippen LogP contribution in [0.1, 0.15) is 36.7 Å². The third-order valence-corrected chi connectivity index (χ3v) is 2.98. The van der Waals surface area contributed by atoms with Gasteiger partial charge in [0.2, 0.25) is 0 Å². The fourth-order valence-corrected chi connectivity index (χ4v) is 1.91. The second kappa shape index (κ2) is 2.98. The molecule has 0 aromatic carbocycles. The van der Waals surface area contributed by atoms with Crippen LogP contribution in [0.5, 0.6) is 0 Å². The van der Waals surface area contributed by atoms with Gasteiger partial charge < -0.3 is 4.57 Å². The standard InChI is InChI=1S/C10H14N2O/c1-10(3-2-4-10)7-12-8-11-5-9(12)6-13/h5-6,8H,2-4,7H2,1H3. The largest absolute Gasteiger partial charge is 0.328 e. The van der Waals surface area contributed by atoms with Crippen LogP contribution in [0.15, 0.2) is 12.5 Å². The van der Waals surface area contributed by atoms with Crippen LogP contribution >= 0.6 is 0 Å². The zero-order chi connectivity index (χ0) is 9.31. The lowest BCUT2D eigenvalue weighted by Crippen LogP contribution is -2.31. The van der Waals surface area contributed by atoms with Crippen molar-refractivity contribution in [3.63, 3.8) is 0 Å². The molecule has 1 aliphatic carbocycles.